The van der Waals surface area contributed by atoms with Crippen LogP contribution in [0.4, 0.5) is 5.69 Å². The van der Waals surface area contributed by atoms with Crippen LogP contribution in [0.2, 0.25) is 0 Å². The standard InChI is InChI=1S/C26H36BN3O5S2/c1-4-12-26(3,27)36-16-23(32)28-15-22(31)30-21(10-11-24(33)34)25(35)29-19-7-5-6-18(13-19)14-20-9-8-17(2)37-20/h5-9,13,21H,4,10-12,14-16,27H2,1-3H3,(H,28,32)(H,29,35)(H,30,31)(H,33,34)/t21-,26?/m0/s1. The normalized spacial score (nSPS) is 13.3. The molecule has 4 N–H and O–H groups in total. The summed E-state index contributed by atoms with van der Waals surface area (Å²) in [5.74, 6) is -2.18. The Hall–Kier alpha value is -2.79. The van der Waals surface area contributed by atoms with Crippen molar-refractivity contribution in [2.75, 3.05) is 17.6 Å². The van der Waals surface area contributed by atoms with Gasteiger partial charge in [-0.2, -0.15) is 11.8 Å². The minimum atomic E-state index is -1.07. The van der Waals surface area contributed by atoms with E-state index in [2.05, 4.69) is 56.7 Å². The van der Waals surface area contributed by atoms with Gasteiger partial charge in [0, 0.05) is 28.3 Å². The minimum Gasteiger partial charge on any atom is -0.481 e. The maximum atomic E-state index is 12.9. The largest absolute Gasteiger partial charge is 0.481 e. The molecule has 0 aliphatic carbocycles. The Morgan fingerprint density at radius 1 is 1.16 bits per heavy atom. The van der Waals surface area contributed by atoms with Crippen LogP contribution in [-0.4, -0.2) is 59.6 Å². The molecule has 0 saturated heterocycles. The molecule has 37 heavy (non-hydrogen) atoms. The summed E-state index contributed by atoms with van der Waals surface area (Å²) in [6.45, 7) is 5.92. The quantitative estimate of drug-likeness (QED) is 0.255. The fourth-order valence-corrected chi connectivity index (χ4v) is 5.61. The number of benzene rings is 1. The average Bonchev–Trinajstić information content (AvgIpc) is 3.23. The zero-order valence-corrected chi connectivity index (χ0v) is 23.5. The summed E-state index contributed by atoms with van der Waals surface area (Å²) in [6.07, 6.45) is 2.36. The molecular weight excluding hydrogens is 509 g/mol. The second kappa shape index (κ2) is 14.8. The Balaban J connectivity index is 1.93. The molecule has 2 aromatic rings. The number of hydrogen-bond acceptors (Lipinski definition) is 6. The van der Waals surface area contributed by atoms with Crippen LogP contribution in [0.15, 0.2) is 36.4 Å². The number of hydrogen-bond donors (Lipinski definition) is 4. The van der Waals surface area contributed by atoms with Crippen LogP contribution >= 0.6 is 23.1 Å². The van der Waals surface area contributed by atoms with E-state index in [9.17, 15) is 19.2 Å². The molecule has 0 saturated carbocycles. The van der Waals surface area contributed by atoms with Gasteiger partial charge < -0.3 is 21.1 Å². The van der Waals surface area contributed by atoms with Crippen molar-refractivity contribution in [2.24, 2.45) is 0 Å². The van der Waals surface area contributed by atoms with E-state index in [1.54, 1.807) is 17.4 Å². The van der Waals surface area contributed by atoms with Crippen LogP contribution in [-0.2, 0) is 25.6 Å². The van der Waals surface area contributed by atoms with Crippen molar-refractivity contribution in [1.29, 1.82) is 0 Å². The third kappa shape index (κ3) is 11.9. The molecule has 0 bridgehead atoms. The number of amides is 3. The molecule has 2 rings (SSSR count). The summed E-state index contributed by atoms with van der Waals surface area (Å²) >= 11 is 3.24. The average molecular weight is 546 g/mol. The number of aryl methyl sites for hydroxylation is 1. The van der Waals surface area contributed by atoms with Crippen molar-refractivity contribution < 1.29 is 24.3 Å². The number of anilines is 1. The molecule has 3 amide bonds. The van der Waals surface area contributed by atoms with E-state index in [0.717, 1.165) is 24.8 Å². The van der Waals surface area contributed by atoms with Gasteiger partial charge >= 0.3 is 5.97 Å². The molecule has 1 heterocycles. The summed E-state index contributed by atoms with van der Waals surface area (Å²) in [5, 5.41) is 17.0. The van der Waals surface area contributed by atoms with E-state index in [-0.39, 0.29) is 35.7 Å². The van der Waals surface area contributed by atoms with Gasteiger partial charge in [0.25, 0.3) is 0 Å². The first-order valence-corrected chi connectivity index (χ1v) is 14.1. The van der Waals surface area contributed by atoms with Gasteiger partial charge in [0.2, 0.25) is 17.7 Å². The Morgan fingerprint density at radius 2 is 1.92 bits per heavy atom. The van der Waals surface area contributed by atoms with E-state index in [0.29, 0.717) is 5.69 Å². The van der Waals surface area contributed by atoms with Gasteiger partial charge in [0.1, 0.15) is 13.9 Å². The SMILES string of the molecule is BC(C)(CCC)SCC(=O)NCC(=O)N[C@@H](CCC(=O)O)C(=O)Nc1cccc(Cc2ccc(C)s2)c1. The van der Waals surface area contributed by atoms with Crippen molar-refractivity contribution in [3.8, 4) is 0 Å². The monoisotopic (exact) mass is 545 g/mol. The van der Waals surface area contributed by atoms with Gasteiger partial charge in [0.15, 0.2) is 0 Å². The first-order chi connectivity index (χ1) is 17.5. The lowest BCUT2D eigenvalue weighted by molar-refractivity contribution is -0.137. The van der Waals surface area contributed by atoms with E-state index < -0.39 is 23.8 Å². The van der Waals surface area contributed by atoms with E-state index in [1.807, 2.05) is 18.2 Å². The molecule has 11 heteroatoms. The fourth-order valence-electron chi connectivity index (χ4n) is 3.72. The number of carboxylic acids is 1. The van der Waals surface area contributed by atoms with Gasteiger partial charge in [0.05, 0.1) is 12.3 Å². The van der Waals surface area contributed by atoms with Gasteiger partial charge in [-0.1, -0.05) is 32.4 Å². The zero-order chi connectivity index (χ0) is 27.4. The van der Waals surface area contributed by atoms with E-state index >= 15 is 0 Å². The maximum Gasteiger partial charge on any atom is 0.303 e. The smallest absolute Gasteiger partial charge is 0.303 e. The molecule has 0 radical (unpaired) electrons. The molecule has 2 atom stereocenters. The molecule has 0 spiro atoms. The van der Waals surface area contributed by atoms with Gasteiger partial charge in [-0.25, -0.2) is 0 Å². The highest BCUT2D eigenvalue weighted by atomic mass is 32.2. The summed E-state index contributed by atoms with van der Waals surface area (Å²) in [6, 6.07) is 10.5. The molecule has 1 aromatic carbocycles. The second-order valence-electron chi connectivity index (χ2n) is 9.51. The number of thiophene rings is 1. The van der Waals surface area contributed by atoms with E-state index in [4.69, 9.17) is 5.11 Å². The maximum absolute atomic E-state index is 12.9. The van der Waals surface area contributed by atoms with Crippen LogP contribution in [0, 0.1) is 6.92 Å². The lowest BCUT2D eigenvalue weighted by atomic mass is 9.84. The molecule has 0 aliphatic rings. The number of thioether (sulfide) groups is 1. The molecule has 8 nitrogen and oxygen atoms in total. The highest BCUT2D eigenvalue weighted by molar-refractivity contribution is 8.02. The molecule has 1 unspecified atom stereocenters. The number of carboxylic acid groups (broad SMARTS) is 1. The number of carbonyl (C=O) groups excluding carboxylic acids is 3. The Bertz CT molecular complexity index is 1090. The van der Waals surface area contributed by atoms with Crippen molar-refractivity contribution in [3.63, 3.8) is 0 Å². The predicted octanol–water partition coefficient (Wildman–Crippen LogP) is 2.93. The van der Waals surface area contributed by atoms with E-state index in [1.165, 1.54) is 21.5 Å². The highest BCUT2D eigenvalue weighted by Crippen LogP contribution is 2.26. The fraction of sp³-hybridized carbons (Fsp3) is 0.462. The minimum absolute atomic E-state index is 0.0334. The van der Waals surface area contributed by atoms with Crippen LogP contribution in [0.25, 0.3) is 0 Å². The van der Waals surface area contributed by atoms with Gasteiger partial charge in [-0.05, 0) is 54.2 Å². The van der Waals surface area contributed by atoms with Crippen LogP contribution in [0.3, 0.4) is 0 Å². The third-order valence-corrected chi connectivity index (χ3v) is 7.95. The molecule has 200 valence electrons. The van der Waals surface area contributed by atoms with Crippen LogP contribution in [0.1, 0.15) is 54.8 Å². The second-order valence-corrected chi connectivity index (χ2v) is 12.6. The Kier molecular flexibility index (Phi) is 12.2. The topological polar surface area (TPSA) is 125 Å². The first-order valence-electron chi connectivity index (χ1n) is 12.3. The van der Waals surface area contributed by atoms with Crippen molar-refractivity contribution in [1.82, 2.24) is 10.6 Å². The molecular formula is C26H36BN3O5S2. The molecule has 0 aliphatic heterocycles. The lowest BCUT2D eigenvalue weighted by Crippen LogP contribution is -2.48. The van der Waals surface area contributed by atoms with Gasteiger partial charge in [-0.3, -0.25) is 19.2 Å². The zero-order valence-electron chi connectivity index (χ0n) is 21.9. The van der Waals surface area contributed by atoms with Crippen molar-refractivity contribution in [3.05, 3.63) is 51.7 Å². The first kappa shape index (κ1) is 30.4. The summed E-state index contributed by atoms with van der Waals surface area (Å²) < 4.78 is -0.0334. The third-order valence-electron chi connectivity index (χ3n) is 5.56. The highest BCUT2D eigenvalue weighted by Gasteiger charge is 2.23. The number of rotatable bonds is 15. The molecule has 0 fully saturated rings. The van der Waals surface area contributed by atoms with Crippen LogP contribution in [0.5, 0.6) is 0 Å². The van der Waals surface area contributed by atoms with Gasteiger partial charge in [-0.15, -0.1) is 11.3 Å². The number of carbonyl (C=O) groups is 4. The molecule has 1 aromatic heterocycles. The summed E-state index contributed by atoms with van der Waals surface area (Å²) in [5.41, 5.74) is 1.58. The summed E-state index contributed by atoms with van der Waals surface area (Å²) in [4.78, 5) is 51.1. The Labute approximate surface area is 227 Å². The van der Waals surface area contributed by atoms with Crippen LogP contribution < -0.4 is 16.0 Å². The number of aliphatic carboxylic acids is 1. The van der Waals surface area contributed by atoms with Crippen molar-refractivity contribution in [2.45, 2.75) is 63.6 Å². The predicted molar refractivity (Wildman–Crippen MR) is 153 cm³/mol. The summed E-state index contributed by atoms with van der Waals surface area (Å²) in [7, 11) is 2.08. The van der Waals surface area contributed by atoms with Crippen molar-refractivity contribution >= 4 is 60.3 Å². The number of nitrogens with one attached hydrogen (secondary N) is 3. The lowest BCUT2D eigenvalue weighted by Gasteiger charge is -2.23. The Morgan fingerprint density at radius 3 is 2.57 bits per heavy atom.